The Labute approximate surface area is 183 Å². The van der Waals surface area contributed by atoms with Gasteiger partial charge in [-0.2, -0.15) is 0 Å². The van der Waals surface area contributed by atoms with Crippen LogP contribution in [-0.4, -0.2) is 15.5 Å². The van der Waals surface area contributed by atoms with Gasteiger partial charge in [-0.25, -0.2) is 4.98 Å². The van der Waals surface area contributed by atoms with E-state index in [2.05, 4.69) is 48.9 Å². The van der Waals surface area contributed by atoms with Crippen molar-refractivity contribution < 1.29 is 4.79 Å². The van der Waals surface area contributed by atoms with Crippen LogP contribution in [0.3, 0.4) is 0 Å². The molecule has 1 heterocycles. The summed E-state index contributed by atoms with van der Waals surface area (Å²) in [5, 5.41) is 3.12. The molecule has 4 nitrogen and oxygen atoms in total. The normalized spacial score (nSPS) is 11.5. The summed E-state index contributed by atoms with van der Waals surface area (Å²) < 4.78 is 2.31. The monoisotopic (exact) mass is 413 g/mol. The number of fused-ring (bicyclic) bond motifs is 1. The molecule has 0 unspecified atom stereocenters. The van der Waals surface area contributed by atoms with E-state index in [0.29, 0.717) is 6.54 Å². The second kappa shape index (κ2) is 14.2. The average Bonchev–Trinajstić information content (AvgIpc) is 3.12. The molecule has 0 fully saturated rings. The smallest absolute Gasteiger partial charge is 0.223 e. The fraction of sp³-hybridized carbons (Fsp3) is 0.692. The molecule has 0 radical (unpaired) electrons. The molecule has 0 aliphatic carbocycles. The van der Waals surface area contributed by atoms with E-state index in [4.69, 9.17) is 4.98 Å². The third-order valence-corrected chi connectivity index (χ3v) is 6.25. The fourth-order valence-corrected chi connectivity index (χ4v) is 4.24. The van der Waals surface area contributed by atoms with Crippen molar-refractivity contribution in [2.75, 3.05) is 0 Å². The highest BCUT2D eigenvalue weighted by Gasteiger charge is 2.16. The number of unbranched alkanes of at least 4 members (excludes halogenated alkanes) is 9. The quantitative estimate of drug-likeness (QED) is 0.301. The Morgan fingerprint density at radius 1 is 0.900 bits per heavy atom. The summed E-state index contributed by atoms with van der Waals surface area (Å²) in [4.78, 5) is 17.2. The largest absolute Gasteiger partial charge is 0.349 e. The van der Waals surface area contributed by atoms with Crippen LogP contribution in [-0.2, 0) is 17.9 Å². The Morgan fingerprint density at radius 2 is 1.50 bits per heavy atom. The van der Waals surface area contributed by atoms with Gasteiger partial charge in [0.2, 0.25) is 5.91 Å². The number of imidazole rings is 1. The second-order valence-electron chi connectivity index (χ2n) is 8.58. The van der Waals surface area contributed by atoms with Crippen molar-refractivity contribution in [3.05, 3.63) is 30.1 Å². The van der Waals surface area contributed by atoms with Gasteiger partial charge in [0, 0.05) is 12.5 Å². The summed E-state index contributed by atoms with van der Waals surface area (Å²) in [6.07, 6.45) is 15.2. The molecule has 1 amide bonds. The SMILES string of the molecule is CCCCCCCCCCCCn1c(CNC(=O)C(CC)CC)nc2ccccc21. The Balaban J connectivity index is 1.82. The van der Waals surface area contributed by atoms with Gasteiger partial charge < -0.3 is 9.88 Å². The number of para-hydroxylation sites is 2. The topological polar surface area (TPSA) is 46.9 Å². The van der Waals surface area contributed by atoms with Gasteiger partial charge in [0.15, 0.2) is 0 Å². The average molecular weight is 414 g/mol. The fourth-order valence-electron chi connectivity index (χ4n) is 4.24. The van der Waals surface area contributed by atoms with Crippen LogP contribution in [0.25, 0.3) is 11.0 Å². The summed E-state index contributed by atoms with van der Waals surface area (Å²) in [7, 11) is 0. The molecule has 0 saturated heterocycles. The van der Waals surface area contributed by atoms with Crippen LogP contribution in [0.4, 0.5) is 0 Å². The molecule has 30 heavy (non-hydrogen) atoms. The molecule has 4 heteroatoms. The first kappa shape index (κ1) is 24.4. The van der Waals surface area contributed by atoms with Crippen LogP contribution in [0.5, 0.6) is 0 Å². The minimum absolute atomic E-state index is 0.102. The predicted molar refractivity (Wildman–Crippen MR) is 127 cm³/mol. The molecule has 0 saturated carbocycles. The molecule has 2 rings (SSSR count). The lowest BCUT2D eigenvalue weighted by molar-refractivity contribution is -0.125. The molecule has 168 valence electrons. The van der Waals surface area contributed by atoms with E-state index in [9.17, 15) is 4.79 Å². The van der Waals surface area contributed by atoms with Gasteiger partial charge in [-0.1, -0.05) is 90.7 Å². The van der Waals surface area contributed by atoms with Gasteiger partial charge >= 0.3 is 0 Å². The number of rotatable bonds is 16. The molecule has 1 aromatic carbocycles. The number of hydrogen-bond donors (Lipinski definition) is 1. The van der Waals surface area contributed by atoms with E-state index in [1.807, 2.05) is 6.07 Å². The van der Waals surface area contributed by atoms with Crippen LogP contribution in [0.15, 0.2) is 24.3 Å². The van der Waals surface area contributed by atoms with Crippen LogP contribution in [0, 0.1) is 5.92 Å². The van der Waals surface area contributed by atoms with E-state index in [-0.39, 0.29) is 11.8 Å². The van der Waals surface area contributed by atoms with Gasteiger partial charge in [0.25, 0.3) is 0 Å². The highest BCUT2D eigenvalue weighted by molar-refractivity contribution is 5.79. The molecule has 0 aliphatic rings. The summed E-state index contributed by atoms with van der Waals surface area (Å²) in [5.74, 6) is 1.23. The standard InChI is InChI=1S/C26H43N3O/c1-4-7-8-9-10-11-12-13-14-17-20-29-24-19-16-15-18-23(24)28-25(29)21-27-26(30)22(5-2)6-3/h15-16,18-19,22H,4-14,17,20-21H2,1-3H3,(H,27,30). The zero-order valence-electron chi connectivity index (χ0n) is 19.6. The maximum atomic E-state index is 12.4. The molecule has 1 N–H and O–H groups in total. The third-order valence-electron chi connectivity index (χ3n) is 6.25. The van der Waals surface area contributed by atoms with Crippen LogP contribution < -0.4 is 5.32 Å². The van der Waals surface area contributed by atoms with Crippen molar-refractivity contribution in [1.82, 2.24) is 14.9 Å². The van der Waals surface area contributed by atoms with E-state index in [1.165, 1.54) is 69.7 Å². The Morgan fingerprint density at radius 3 is 2.13 bits per heavy atom. The number of hydrogen-bond acceptors (Lipinski definition) is 2. The Bertz CT molecular complexity index is 733. The van der Waals surface area contributed by atoms with E-state index in [0.717, 1.165) is 30.7 Å². The molecular weight excluding hydrogens is 370 g/mol. The number of aryl methyl sites for hydroxylation is 1. The number of nitrogens with zero attached hydrogens (tertiary/aromatic N) is 2. The molecule has 0 aliphatic heterocycles. The highest BCUT2D eigenvalue weighted by atomic mass is 16.1. The molecular formula is C26H43N3O. The predicted octanol–water partition coefficient (Wildman–Crippen LogP) is 7.01. The zero-order chi connectivity index (χ0) is 21.6. The first-order valence-corrected chi connectivity index (χ1v) is 12.4. The Kier molecular flexibility index (Phi) is 11.6. The maximum Gasteiger partial charge on any atom is 0.223 e. The van der Waals surface area contributed by atoms with Gasteiger partial charge in [0.05, 0.1) is 17.6 Å². The van der Waals surface area contributed by atoms with Gasteiger partial charge in [-0.3, -0.25) is 4.79 Å². The van der Waals surface area contributed by atoms with Crippen molar-refractivity contribution in [2.45, 2.75) is 111 Å². The minimum atomic E-state index is 0.102. The van der Waals surface area contributed by atoms with Crippen molar-refractivity contribution in [1.29, 1.82) is 0 Å². The first-order chi connectivity index (χ1) is 14.7. The number of carbonyl (C=O) groups is 1. The third kappa shape index (κ3) is 7.77. The lowest BCUT2D eigenvalue weighted by atomic mass is 10.0. The second-order valence-corrected chi connectivity index (χ2v) is 8.58. The summed E-state index contributed by atoms with van der Waals surface area (Å²) in [5.41, 5.74) is 2.21. The molecule has 0 bridgehead atoms. The lowest BCUT2D eigenvalue weighted by Crippen LogP contribution is -2.30. The number of benzene rings is 1. The van der Waals surface area contributed by atoms with E-state index >= 15 is 0 Å². The van der Waals surface area contributed by atoms with Gasteiger partial charge in [-0.05, 0) is 31.4 Å². The zero-order valence-corrected chi connectivity index (χ0v) is 19.6. The Hall–Kier alpha value is -1.84. The first-order valence-electron chi connectivity index (χ1n) is 12.4. The summed E-state index contributed by atoms with van der Waals surface area (Å²) in [6.45, 7) is 7.92. The van der Waals surface area contributed by atoms with Crippen LogP contribution >= 0.6 is 0 Å². The van der Waals surface area contributed by atoms with Crippen molar-refractivity contribution in [3.8, 4) is 0 Å². The summed E-state index contributed by atoms with van der Waals surface area (Å²) in [6, 6.07) is 8.32. The molecule has 0 spiro atoms. The molecule has 2 aromatic rings. The van der Waals surface area contributed by atoms with Crippen molar-refractivity contribution >= 4 is 16.9 Å². The lowest BCUT2D eigenvalue weighted by Gasteiger charge is -2.14. The number of carbonyl (C=O) groups excluding carboxylic acids is 1. The van der Waals surface area contributed by atoms with E-state index < -0.39 is 0 Å². The maximum absolute atomic E-state index is 12.4. The van der Waals surface area contributed by atoms with Crippen molar-refractivity contribution in [2.24, 2.45) is 5.92 Å². The number of aromatic nitrogens is 2. The molecule has 0 atom stereocenters. The van der Waals surface area contributed by atoms with E-state index in [1.54, 1.807) is 0 Å². The minimum Gasteiger partial charge on any atom is -0.349 e. The molecule has 1 aromatic heterocycles. The van der Waals surface area contributed by atoms with Crippen LogP contribution in [0.1, 0.15) is 104 Å². The van der Waals surface area contributed by atoms with Crippen molar-refractivity contribution in [3.63, 3.8) is 0 Å². The van der Waals surface area contributed by atoms with Gasteiger partial charge in [0.1, 0.15) is 5.82 Å². The van der Waals surface area contributed by atoms with Crippen LogP contribution in [0.2, 0.25) is 0 Å². The number of amides is 1. The van der Waals surface area contributed by atoms with Gasteiger partial charge in [-0.15, -0.1) is 0 Å². The summed E-state index contributed by atoms with van der Waals surface area (Å²) >= 11 is 0. The number of nitrogens with one attached hydrogen (secondary N) is 1. The highest BCUT2D eigenvalue weighted by Crippen LogP contribution is 2.18.